The number of halogens is 1. The molecule has 1 aliphatic rings. The Balaban J connectivity index is 2.20. The third-order valence-corrected chi connectivity index (χ3v) is 3.59. The number of H-pyrrole nitrogens is 1. The van der Waals surface area contributed by atoms with E-state index in [1.54, 1.807) is 0 Å². The molecule has 1 aromatic heterocycles. The summed E-state index contributed by atoms with van der Waals surface area (Å²) in [6.07, 6.45) is 1.05. The molecule has 0 amide bonds. The minimum Gasteiger partial charge on any atom is -0.499 e. The molecule has 2 rings (SSSR count). The van der Waals surface area contributed by atoms with Gasteiger partial charge >= 0.3 is 5.69 Å². The van der Waals surface area contributed by atoms with E-state index in [-0.39, 0.29) is 13.0 Å². The van der Waals surface area contributed by atoms with Crippen LogP contribution in [0.4, 0.5) is 0 Å². The Morgan fingerprint density at radius 1 is 1.68 bits per heavy atom. The number of aliphatic hydroxyl groups excluding tert-OH is 1. The first-order valence-electron chi connectivity index (χ1n) is 5.60. The summed E-state index contributed by atoms with van der Waals surface area (Å²) < 4.78 is 12.2. The van der Waals surface area contributed by atoms with Crippen molar-refractivity contribution in [2.24, 2.45) is 0 Å². The molecule has 0 spiro atoms. The zero-order chi connectivity index (χ0) is 14.0. The van der Waals surface area contributed by atoms with Crippen LogP contribution in [0.15, 0.2) is 28.6 Å². The SMILES string of the molecule is C=COC[C@H]1O[C@@H](n2cc(I)c(=O)[nH]c2=O)C[C@@H]1O. The van der Waals surface area contributed by atoms with E-state index in [0.29, 0.717) is 3.57 Å². The summed E-state index contributed by atoms with van der Waals surface area (Å²) in [5.74, 6) is 0. The minimum atomic E-state index is -0.735. The van der Waals surface area contributed by atoms with Crippen LogP contribution < -0.4 is 11.2 Å². The minimum absolute atomic E-state index is 0.163. The predicted molar refractivity (Wildman–Crippen MR) is 74.7 cm³/mol. The van der Waals surface area contributed by atoms with Crippen LogP contribution in [0.3, 0.4) is 0 Å². The van der Waals surface area contributed by atoms with Gasteiger partial charge in [0, 0.05) is 12.6 Å². The Kier molecular flexibility index (Phi) is 4.42. The average molecular weight is 380 g/mol. The molecule has 2 N–H and O–H groups in total. The third kappa shape index (κ3) is 3.07. The van der Waals surface area contributed by atoms with E-state index < -0.39 is 29.7 Å². The number of rotatable bonds is 4. The summed E-state index contributed by atoms with van der Waals surface area (Å²) in [6.45, 7) is 3.57. The number of aromatic amines is 1. The smallest absolute Gasteiger partial charge is 0.330 e. The van der Waals surface area contributed by atoms with Crippen LogP contribution in [0.1, 0.15) is 12.6 Å². The Morgan fingerprint density at radius 2 is 2.42 bits per heavy atom. The largest absolute Gasteiger partial charge is 0.499 e. The van der Waals surface area contributed by atoms with Crippen LogP contribution in [0.25, 0.3) is 0 Å². The highest BCUT2D eigenvalue weighted by Crippen LogP contribution is 2.27. The Bertz CT molecular complexity index is 581. The molecule has 0 saturated carbocycles. The van der Waals surface area contributed by atoms with Crippen molar-refractivity contribution in [3.63, 3.8) is 0 Å². The summed E-state index contributed by atoms with van der Waals surface area (Å²) in [6, 6.07) is 0. The van der Waals surface area contributed by atoms with Crippen molar-refractivity contribution in [1.82, 2.24) is 9.55 Å². The maximum atomic E-state index is 11.7. The number of hydrogen-bond acceptors (Lipinski definition) is 5. The highest BCUT2D eigenvalue weighted by atomic mass is 127. The van der Waals surface area contributed by atoms with Crippen LogP contribution in [-0.4, -0.2) is 33.5 Å². The van der Waals surface area contributed by atoms with E-state index in [1.165, 1.54) is 17.0 Å². The Hall–Kier alpha value is -1.13. The summed E-state index contributed by atoms with van der Waals surface area (Å²) in [7, 11) is 0. The van der Waals surface area contributed by atoms with Gasteiger partial charge in [0.05, 0.1) is 15.9 Å². The van der Waals surface area contributed by atoms with Crippen LogP contribution >= 0.6 is 22.6 Å². The second-order valence-electron chi connectivity index (χ2n) is 4.08. The molecule has 0 aliphatic carbocycles. The number of ether oxygens (including phenoxy) is 2. The van der Waals surface area contributed by atoms with Crippen molar-refractivity contribution in [2.75, 3.05) is 6.61 Å². The lowest BCUT2D eigenvalue weighted by molar-refractivity contribution is -0.0485. The van der Waals surface area contributed by atoms with Gasteiger partial charge in [-0.3, -0.25) is 14.3 Å². The normalized spacial score (nSPS) is 26.3. The predicted octanol–water partition coefficient (Wildman–Crippen LogP) is -0.0503. The zero-order valence-electron chi connectivity index (χ0n) is 9.91. The van der Waals surface area contributed by atoms with Gasteiger partial charge in [0.1, 0.15) is 18.9 Å². The van der Waals surface area contributed by atoms with Crippen LogP contribution in [0.2, 0.25) is 0 Å². The summed E-state index contributed by atoms with van der Waals surface area (Å²) in [4.78, 5) is 25.2. The molecule has 1 fully saturated rings. The standard InChI is InChI=1S/C11H13IN2O5/c1-2-18-5-8-7(15)3-9(19-8)14-4-6(12)10(16)13-11(14)17/h2,4,7-9,15H,1,3,5H2,(H,13,16,17)/t7-,8+,9+/m0/s1. The van der Waals surface area contributed by atoms with E-state index in [1.807, 2.05) is 22.6 Å². The van der Waals surface area contributed by atoms with Gasteiger partial charge in [0.2, 0.25) is 0 Å². The monoisotopic (exact) mass is 380 g/mol. The van der Waals surface area contributed by atoms with E-state index in [9.17, 15) is 14.7 Å². The topological polar surface area (TPSA) is 93.5 Å². The third-order valence-electron chi connectivity index (χ3n) is 2.82. The number of aromatic nitrogens is 2. The fourth-order valence-electron chi connectivity index (χ4n) is 1.87. The molecule has 0 unspecified atom stereocenters. The molecular weight excluding hydrogens is 367 g/mol. The molecule has 3 atom stereocenters. The second-order valence-corrected chi connectivity index (χ2v) is 5.24. The lowest BCUT2D eigenvalue weighted by Crippen LogP contribution is -2.33. The Morgan fingerprint density at radius 3 is 3.11 bits per heavy atom. The average Bonchev–Trinajstić information content (AvgIpc) is 2.72. The van der Waals surface area contributed by atoms with Gasteiger partial charge in [-0.1, -0.05) is 6.58 Å². The summed E-state index contributed by atoms with van der Waals surface area (Å²) in [5.41, 5.74) is -1.00. The molecule has 0 radical (unpaired) electrons. The van der Waals surface area contributed by atoms with E-state index >= 15 is 0 Å². The first-order valence-corrected chi connectivity index (χ1v) is 6.67. The van der Waals surface area contributed by atoms with Gasteiger partial charge in [0.15, 0.2) is 0 Å². The maximum Gasteiger partial charge on any atom is 0.330 e. The lowest BCUT2D eigenvalue weighted by Gasteiger charge is -2.15. The van der Waals surface area contributed by atoms with E-state index in [4.69, 9.17) is 9.47 Å². The quantitative estimate of drug-likeness (QED) is 0.565. The fourth-order valence-corrected chi connectivity index (χ4v) is 2.31. The number of nitrogens with one attached hydrogen (secondary N) is 1. The van der Waals surface area contributed by atoms with Crippen LogP contribution in [-0.2, 0) is 9.47 Å². The van der Waals surface area contributed by atoms with Crippen molar-refractivity contribution in [1.29, 1.82) is 0 Å². The number of hydrogen-bond donors (Lipinski definition) is 2. The van der Waals surface area contributed by atoms with Crippen molar-refractivity contribution in [3.8, 4) is 0 Å². The number of nitrogens with zero attached hydrogens (tertiary/aromatic N) is 1. The molecule has 8 heteroatoms. The van der Waals surface area contributed by atoms with E-state index in [2.05, 4.69) is 11.6 Å². The molecule has 19 heavy (non-hydrogen) atoms. The first-order chi connectivity index (χ1) is 9.02. The maximum absolute atomic E-state index is 11.7. The van der Waals surface area contributed by atoms with Crippen molar-refractivity contribution < 1.29 is 14.6 Å². The molecule has 0 bridgehead atoms. The number of aliphatic hydroxyl groups is 1. The summed E-state index contributed by atoms with van der Waals surface area (Å²) >= 11 is 1.83. The summed E-state index contributed by atoms with van der Waals surface area (Å²) in [5, 5.41) is 9.83. The zero-order valence-corrected chi connectivity index (χ0v) is 12.1. The van der Waals surface area contributed by atoms with Gasteiger partial charge in [0.25, 0.3) is 5.56 Å². The van der Waals surface area contributed by atoms with E-state index in [0.717, 1.165) is 0 Å². The van der Waals surface area contributed by atoms with Gasteiger partial charge in [-0.05, 0) is 22.6 Å². The highest BCUT2D eigenvalue weighted by Gasteiger charge is 2.35. The van der Waals surface area contributed by atoms with Crippen LogP contribution in [0, 0.1) is 3.57 Å². The first kappa shape index (κ1) is 14.3. The van der Waals surface area contributed by atoms with Gasteiger partial charge in [-0.25, -0.2) is 4.79 Å². The molecule has 1 aromatic rings. The molecule has 104 valence electrons. The van der Waals surface area contributed by atoms with Crippen molar-refractivity contribution in [3.05, 3.63) is 43.4 Å². The molecule has 1 aliphatic heterocycles. The van der Waals surface area contributed by atoms with Gasteiger partial charge in [-0.2, -0.15) is 0 Å². The fraction of sp³-hybridized carbons (Fsp3) is 0.455. The molecule has 7 nitrogen and oxygen atoms in total. The van der Waals surface area contributed by atoms with Gasteiger partial charge < -0.3 is 14.6 Å². The molecular formula is C11H13IN2O5. The highest BCUT2D eigenvalue weighted by molar-refractivity contribution is 14.1. The van der Waals surface area contributed by atoms with Crippen LogP contribution in [0.5, 0.6) is 0 Å². The molecule has 1 saturated heterocycles. The van der Waals surface area contributed by atoms with Crippen molar-refractivity contribution >= 4 is 22.6 Å². The Labute approximate surface area is 122 Å². The second kappa shape index (κ2) is 5.88. The molecule has 0 aromatic carbocycles. The van der Waals surface area contributed by atoms with Gasteiger partial charge in [-0.15, -0.1) is 0 Å². The van der Waals surface area contributed by atoms with Crippen molar-refractivity contribution in [2.45, 2.75) is 24.9 Å². The molecule has 2 heterocycles. The lowest BCUT2D eigenvalue weighted by atomic mass is 10.2.